The Balaban J connectivity index is 2.32. The molecule has 2 fully saturated rings. The van der Waals surface area contributed by atoms with Crippen molar-refractivity contribution in [2.75, 3.05) is 13.1 Å². The van der Waals surface area contributed by atoms with E-state index in [1.807, 2.05) is 13.8 Å². The highest BCUT2D eigenvalue weighted by atomic mass is 16.2. The maximum absolute atomic E-state index is 13.1. The van der Waals surface area contributed by atoms with Crippen molar-refractivity contribution in [2.45, 2.75) is 64.0 Å². The molecule has 8 nitrogen and oxygen atoms in total. The smallest absolute Gasteiger partial charge is 0.259 e. The number of rotatable bonds is 5. The summed E-state index contributed by atoms with van der Waals surface area (Å²) in [6.07, 6.45) is 2.93. The second kappa shape index (κ2) is 7.51. The van der Waals surface area contributed by atoms with Gasteiger partial charge in [-0.1, -0.05) is 13.8 Å². The summed E-state index contributed by atoms with van der Waals surface area (Å²) < 4.78 is 0. The standard InChI is InChI=1S/C17H28N4O4/c1-11(2)10-17(19,16(25)21-8-4-3-7-13(21)22)15(24)20-9-5-6-12(20)14(18)23/h11-12H,3-10,19H2,1-2H3,(H2,18,23). The van der Waals surface area contributed by atoms with Crippen molar-refractivity contribution in [2.24, 2.45) is 17.4 Å². The van der Waals surface area contributed by atoms with Gasteiger partial charge in [0.1, 0.15) is 6.04 Å². The zero-order valence-corrected chi connectivity index (χ0v) is 15.0. The topological polar surface area (TPSA) is 127 Å². The molecule has 8 heteroatoms. The van der Waals surface area contributed by atoms with Gasteiger partial charge in [0, 0.05) is 19.5 Å². The van der Waals surface area contributed by atoms with E-state index in [9.17, 15) is 19.2 Å². The van der Waals surface area contributed by atoms with Crippen LogP contribution in [0.2, 0.25) is 0 Å². The highest BCUT2D eigenvalue weighted by Crippen LogP contribution is 2.27. The van der Waals surface area contributed by atoms with E-state index in [-0.39, 0.29) is 31.2 Å². The Kier molecular flexibility index (Phi) is 5.82. The Labute approximate surface area is 147 Å². The van der Waals surface area contributed by atoms with Crippen LogP contribution in [-0.2, 0) is 19.2 Å². The molecule has 2 saturated heterocycles. The molecule has 0 aromatic heterocycles. The van der Waals surface area contributed by atoms with E-state index in [1.54, 1.807) is 0 Å². The van der Waals surface area contributed by atoms with E-state index in [0.29, 0.717) is 25.8 Å². The summed E-state index contributed by atoms with van der Waals surface area (Å²) in [5.74, 6) is -2.20. The monoisotopic (exact) mass is 352 g/mol. The van der Waals surface area contributed by atoms with Crippen LogP contribution < -0.4 is 11.5 Å². The van der Waals surface area contributed by atoms with Gasteiger partial charge in [-0.2, -0.15) is 0 Å². The van der Waals surface area contributed by atoms with Gasteiger partial charge in [-0.15, -0.1) is 0 Å². The number of hydrogen-bond donors (Lipinski definition) is 2. The number of imide groups is 1. The maximum atomic E-state index is 13.1. The molecule has 140 valence electrons. The maximum Gasteiger partial charge on any atom is 0.259 e. The van der Waals surface area contributed by atoms with Crippen LogP contribution in [0.3, 0.4) is 0 Å². The SMILES string of the molecule is CC(C)CC(N)(C(=O)N1CCCCC1=O)C(=O)N1CCCC1C(N)=O. The first kappa shape index (κ1) is 19.4. The zero-order valence-electron chi connectivity index (χ0n) is 15.0. The van der Waals surface area contributed by atoms with Crippen molar-refractivity contribution in [3.05, 3.63) is 0 Å². The number of nitrogens with two attached hydrogens (primary N) is 2. The molecule has 4 N–H and O–H groups in total. The number of piperidine rings is 1. The van der Waals surface area contributed by atoms with Gasteiger partial charge in [0.25, 0.3) is 11.8 Å². The lowest BCUT2D eigenvalue weighted by atomic mass is 9.86. The third-order valence-electron chi connectivity index (χ3n) is 4.90. The van der Waals surface area contributed by atoms with E-state index in [4.69, 9.17) is 11.5 Å². The molecule has 2 heterocycles. The lowest BCUT2D eigenvalue weighted by Crippen LogP contribution is -2.67. The number of likely N-dealkylation sites (tertiary alicyclic amines) is 2. The van der Waals surface area contributed by atoms with Crippen LogP contribution in [-0.4, -0.2) is 58.1 Å². The molecule has 0 spiro atoms. The first-order chi connectivity index (χ1) is 11.7. The Morgan fingerprint density at radius 1 is 1.16 bits per heavy atom. The van der Waals surface area contributed by atoms with Gasteiger partial charge in [0.2, 0.25) is 11.8 Å². The Morgan fingerprint density at radius 2 is 1.84 bits per heavy atom. The second-order valence-electron chi connectivity index (χ2n) is 7.44. The van der Waals surface area contributed by atoms with E-state index in [1.165, 1.54) is 4.90 Å². The van der Waals surface area contributed by atoms with Gasteiger partial charge < -0.3 is 16.4 Å². The lowest BCUT2D eigenvalue weighted by molar-refractivity contribution is -0.157. The van der Waals surface area contributed by atoms with Crippen LogP contribution in [0, 0.1) is 5.92 Å². The van der Waals surface area contributed by atoms with E-state index in [0.717, 1.165) is 11.3 Å². The van der Waals surface area contributed by atoms with E-state index in [2.05, 4.69) is 0 Å². The van der Waals surface area contributed by atoms with Gasteiger partial charge in [0.05, 0.1) is 0 Å². The summed E-state index contributed by atoms with van der Waals surface area (Å²) in [6, 6.07) is -0.743. The number of carbonyl (C=O) groups excluding carboxylic acids is 4. The molecule has 2 atom stereocenters. The van der Waals surface area contributed by atoms with Crippen LogP contribution in [0.1, 0.15) is 52.4 Å². The summed E-state index contributed by atoms with van der Waals surface area (Å²) in [5.41, 5.74) is 9.87. The fraction of sp³-hybridized carbons (Fsp3) is 0.765. The third kappa shape index (κ3) is 3.84. The quantitative estimate of drug-likeness (QED) is 0.659. The molecule has 0 radical (unpaired) electrons. The molecule has 0 aromatic carbocycles. The molecule has 0 bridgehead atoms. The van der Waals surface area contributed by atoms with E-state index >= 15 is 0 Å². The number of hydrogen-bond acceptors (Lipinski definition) is 5. The average molecular weight is 352 g/mol. The van der Waals surface area contributed by atoms with Gasteiger partial charge >= 0.3 is 0 Å². The number of amides is 4. The van der Waals surface area contributed by atoms with Gasteiger partial charge in [-0.3, -0.25) is 24.1 Å². The minimum absolute atomic E-state index is 0.0348. The van der Waals surface area contributed by atoms with Crippen molar-refractivity contribution in [1.29, 1.82) is 0 Å². The summed E-state index contributed by atoms with van der Waals surface area (Å²) in [4.78, 5) is 52.4. The Hall–Kier alpha value is -1.96. The van der Waals surface area contributed by atoms with Crippen LogP contribution in [0.25, 0.3) is 0 Å². The van der Waals surface area contributed by atoms with Gasteiger partial charge in [-0.25, -0.2) is 0 Å². The average Bonchev–Trinajstić information content (AvgIpc) is 3.03. The van der Waals surface area contributed by atoms with Crippen LogP contribution in [0.15, 0.2) is 0 Å². The first-order valence-electron chi connectivity index (χ1n) is 8.92. The second-order valence-corrected chi connectivity index (χ2v) is 7.44. The molecule has 0 saturated carbocycles. The fourth-order valence-electron chi connectivity index (χ4n) is 3.73. The van der Waals surface area contributed by atoms with Crippen molar-refractivity contribution in [1.82, 2.24) is 9.80 Å². The largest absolute Gasteiger partial charge is 0.368 e. The molecule has 25 heavy (non-hydrogen) atoms. The van der Waals surface area contributed by atoms with Gasteiger partial charge in [-0.05, 0) is 38.0 Å². The predicted molar refractivity (Wildman–Crippen MR) is 90.9 cm³/mol. The molecular weight excluding hydrogens is 324 g/mol. The van der Waals surface area contributed by atoms with Crippen molar-refractivity contribution < 1.29 is 19.2 Å². The minimum atomic E-state index is -1.85. The van der Waals surface area contributed by atoms with Crippen LogP contribution >= 0.6 is 0 Å². The van der Waals surface area contributed by atoms with Crippen molar-refractivity contribution in [3.63, 3.8) is 0 Å². The number of primary amides is 1. The molecule has 0 aliphatic carbocycles. The summed E-state index contributed by atoms with van der Waals surface area (Å²) in [5, 5.41) is 0. The molecule has 4 amide bonds. The van der Waals surface area contributed by atoms with Gasteiger partial charge in [0.15, 0.2) is 5.54 Å². The molecule has 2 aliphatic heterocycles. The molecule has 0 aromatic rings. The molecule has 2 aliphatic rings. The lowest BCUT2D eigenvalue weighted by Gasteiger charge is -2.38. The highest BCUT2D eigenvalue weighted by molar-refractivity contribution is 6.14. The Bertz CT molecular complexity index is 577. The minimum Gasteiger partial charge on any atom is -0.368 e. The fourth-order valence-corrected chi connectivity index (χ4v) is 3.73. The first-order valence-corrected chi connectivity index (χ1v) is 8.92. The molecular formula is C17H28N4O4. The summed E-state index contributed by atoms with van der Waals surface area (Å²) in [6.45, 7) is 4.33. The van der Waals surface area contributed by atoms with Crippen molar-refractivity contribution in [3.8, 4) is 0 Å². The molecule has 2 unspecified atom stereocenters. The number of nitrogens with zero attached hydrogens (tertiary/aromatic N) is 2. The van der Waals surface area contributed by atoms with Crippen molar-refractivity contribution >= 4 is 23.6 Å². The normalized spacial score (nSPS) is 23.7. The van der Waals surface area contributed by atoms with E-state index < -0.39 is 29.3 Å². The third-order valence-corrected chi connectivity index (χ3v) is 4.90. The number of carbonyl (C=O) groups is 4. The molecule has 2 rings (SSSR count). The predicted octanol–water partition coefficient (Wildman–Crippen LogP) is -0.255. The summed E-state index contributed by atoms with van der Waals surface area (Å²) >= 11 is 0. The van der Waals surface area contributed by atoms with Crippen LogP contribution in [0.4, 0.5) is 0 Å². The highest BCUT2D eigenvalue weighted by Gasteiger charge is 2.51. The van der Waals surface area contributed by atoms with Crippen LogP contribution in [0.5, 0.6) is 0 Å². The summed E-state index contributed by atoms with van der Waals surface area (Å²) in [7, 11) is 0. The Morgan fingerprint density at radius 3 is 2.40 bits per heavy atom. The zero-order chi connectivity index (χ0) is 18.8.